The third kappa shape index (κ3) is 4.22. The number of anilines is 2. The molecule has 2 aromatic heterocycles. The Morgan fingerprint density at radius 2 is 1.80 bits per heavy atom. The van der Waals surface area contributed by atoms with Crippen molar-refractivity contribution in [2.75, 3.05) is 10.6 Å². The number of hydrogen-bond acceptors (Lipinski definition) is 4. The van der Waals surface area contributed by atoms with Crippen molar-refractivity contribution in [3.63, 3.8) is 0 Å². The van der Waals surface area contributed by atoms with E-state index in [0.717, 1.165) is 22.5 Å². The fraction of sp³-hybridized carbons (Fsp3) is 0.125. The molecule has 0 bridgehead atoms. The van der Waals surface area contributed by atoms with E-state index in [2.05, 4.69) is 15.6 Å². The third-order valence-corrected chi connectivity index (χ3v) is 4.85. The first-order valence-electron chi connectivity index (χ1n) is 9.69. The number of carbonyl (C=O) groups is 1. The quantitative estimate of drug-likeness (QED) is 0.529. The number of nitrogens with zero attached hydrogens (tertiary/aromatic N) is 2. The number of fused-ring (bicyclic) bond motifs is 1. The van der Waals surface area contributed by atoms with Crippen molar-refractivity contribution in [1.29, 1.82) is 0 Å². The average molecular weight is 398 g/mol. The maximum Gasteiger partial charge on any atom is 0.258 e. The van der Waals surface area contributed by atoms with Gasteiger partial charge in [-0.25, -0.2) is 4.98 Å². The fourth-order valence-corrected chi connectivity index (χ4v) is 3.21. The molecule has 1 amide bonds. The van der Waals surface area contributed by atoms with Crippen molar-refractivity contribution >= 4 is 22.9 Å². The molecule has 2 aromatic carbocycles. The highest BCUT2D eigenvalue weighted by atomic mass is 16.1. The van der Waals surface area contributed by atoms with Crippen LogP contribution in [0.2, 0.25) is 0 Å². The summed E-state index contributed by atoms with van der Waals surface area (Å²) in [4.78, 5) is 29.5. The van der Waals surface area contributed by atoms with E-state index in [0.29, 0.717) is 23.4 Å². The number of rotatable bonds is 5. The molecule has 6 heteroatoms. The lowest BCUT2D eigenvalue weighted by Crippen LogP contribution is -2.17. The van der Waals surface area contributed by atoms with Crippen LogP contribution in [-0.4, -0.2) is 15.3 Å². The summed E-state index contributed by atoms with van der Waals surface area (Å²) < 4.78 is 1.54. The van der Waals surface area contributed by atoms with Crippen molar-refractivity contribution in [3.05, 3.63) is 106 Å². The lowest BCUT2D eigenvalue weighted by molar-refractivity contribution is 0.102. The minimum Gasteiger partial charge on any atom is -0.379 e. The molecule has 0 radical (unpaired) electrons. The zero-order chi connectivity index (χ0) is 21.1. The first-order chi connectivity index (χ1) is 14.5. The monoisotopic (exact) mass is 398 g/mol. The van der Waals surface area contributed by atoms with E-state index in [1.807, 2.05) is 68.4 Å². The molecule has 0 aliphatic rings. The molecule has 0 saturated heterocycles. The molecule has 4 rings (SSSR count). The molecule has 2 N–H and O–H groups in total. The van der Waals surface area contributed by atoms with Crippen LogP contribution in [0, 0.1) is 13.8 Å². The lowest BCUT2D eigenvalue weighted by Gasteiger charge is -2.12. The second kappa shape index (κ2) is 8.21. The van der Waals surface area contributed by atoms with E-state index in [1.54, 1.807) is 16.7 Å². The Hall–Kier alpha value is -3.93. The molecule has 4 aromatic rings. The fourth-order valence-electron chi connectivity index (χ4n) is 3.21. The van der Waals surface area contributed by atoms with Crippen molar-refractivity contribution in [2.24, 2.45) is 0 Å². The molecule has 30 heavy (non-hydrogen) atoms. The Balaban J connectivity index is 1.53. The number of para-hydroxylation sites is 1. The Morgan fingerprint density at radius 3 is 2.60 bits per heavy atom. The molecular weight excluding hydrogens is 376 g/mol. The number of nitrogens with one attached hydrogen (secondary N) is 2. The highest BCUT2D eigenvalue weighted by Crippen LogP contribution is 2.19. The SMILES string of the molecule is Cc1ccc2nc(CNc3cc(C(=O)Nc4ccccc4)ccc3C)cc(=O)n2c1. The van der Waals surface area contributed by atoms with Gasteiger partial charge in [0, 0.05) is 29.2 Å². The number of amides is 1. The molecule has 0 aliphatic heterocycles. The van der Waals surface area contributed by atoms with E-state index >= 15 is 0 Å². The molecule has 0 atom stereocenters. The van der Waals surface area contributed by atoms with Gasteiger partial charge in [0.05, 0.1) is 12.2 Å². The van der Waals surface area contributed by atoms with Crippen LogP contribution in [0.3, 0.4) is 0 Å². The molecule has 0 saturated carbocycles. The third-order valence-electron chi connectivity index (χ3n) is 4.85. The summed E-state index contributed by atoms with van der Waals surface area (Å²) in [5, 5.41) is 6.19. The number of benzene rings is 2. The molecule has 0 aliphatic carbocycles. The molecule has 2 heterocycles. The van der Waals surface area contributed by atoms with Crippen LogP contribution >= 0.6 is 0 Å². The maximum absolute atomic E-state index is 12.6. The smallest absolute Gasteiger partial charge is 0.258 e. The molecule has 6 nitrogen and oxygen atoms in total. The summed E-state index contributed by atoms with van der Waals surface area (Å²) in [5.41, 5.74) is 5.25. The van der Waals surface area contributed by atoms with Crippen LogP contribution in [0.4, 0.5) is 11.4 Å². The second-order valence-electron chi connectivity index (χ2n) is 7.22. The van der Waals surface area contributed by atoms with Crippen LogP contribution < -0.4 is 16.2 Å². The summed E-state index contributed by atoms with van der Waals surface area (Å²) in [7, 11) is 0. The summed E-state index contributed by atoms with van der Waals surface area (Å²) in [6.45, 7) is 4.28. The predicted octanol–water partition coefficient (Wildman–Crippen LogP) is 4.18. The van der Waals surface area contributed by atoms with Crippen LogP contribution in [0.1, 0.15) is 27.2 Å². The summed E-state index contributed by atoms with van der Waals surface area (Å²) in [6.07, 6.45) is 1.78. The van der Waals surface area contributed by atoms with Crippen molar-refractivity contribution in [3.8, 4) is 0 Å². The first-order valence-corrected chi connectivity index (χ1v) is 9.69. The highest BCUT2D eigenvalue weighted by Gasteiger charge is 2.09. The van der Waals surface area contributed by atoms with E-state index < -0.39 is 0 Å². The standard InChI is InChI=1S/C24H22N4O2/c1-16-8-11-22-26-20(13-23(29)28(22)15-16)14-25-21-12-18(10-9-17(21)2)24(30)27-19-6-4-3-5-7-19/h3-13,15,25H,14H2,1-2H3,(H,27,30). The van der Waals surface area contributed by atoms with Gasteiger partial charge in [-0.05, 0) is 55.3 Å². The van der Waals surface area contributed by atoms with Gasteiger partial charge >= 0.3 is 0 Å². The predicted molar refractivity (Wildman–Crippen MR) is 119 cm³/mol. The number of carbonyl (C=O) groups excluding carboxylic acids is 1. The van der Waals surface area contributed by atoms with Gasteiger partial charge in [-0.1, -0.05) is 30.3 Å². The minimum atomic E-state index is -0.179. The van der Waals surface area contributed by atoms with E-state index in [-0.39, 0.29) is 11.5 Å². The van der Waals surface area contributed by atoms with Crippen LogP contribution in [-0.2, 0) is 6.54 Å². The van der Waals surface area contributed by atoms with E-state index in [9.17, 15) is 9.59 Å². The van der Waals surface area contributed by atoms with Crippen LogP contribution in [0.15, 0.2) is 77.7 Å². The van der Waals surface area contributed by atoms with Crippen LogP contribution in [0.25, 0.3) is 5.65 Å². The zero-order valence-electron chi connectivity index (χ0n) is 16.8. The van der Waals surface area contributed by atoms with Crippen LogP contribution in [0.5, 0.6) is 0 Å². The first kappa shape index (κ1) is 19.4. The van der Waals surface area contributed by atoms with Gasteiger partial charge in [0.25, 0.3) is 11.5 Å². The Bertz CT molecular complexity index is 1280. The van der Waals surface area contributed by atoms with Gasteiger partial charge in [-0.15, -0.1) is 0 Å². The zero-order valence-corrected chi connectivity index (χ0v) is 16.8. The van der Waals surface area contributed by atoms with E-state index in [4.69, 9.17) is 0 Å². The second-order valence-corrected chi connectivity index (χ2v) is 7.22. The summed E-state index contributed by atoms with van der Waals surface area (Å²) >= 11 is 0. The highest BCUT2D eigenvalue weighted by molar-refractivity contribution is 6.04. The number of aryl methyl sites for hydroxylation is 2. The Kier molecular flexibility index (Phi) is 5.30. The van der Waals surface area contributed by atoms with Gasteiger partial charge in [0.1, 0.15) is 5.65 Å². The number of aromatic nitrogens is 2. The van der Waals surface area contributed by atoms with Gasteiger partial charge in [0.15, 0.2) is 0 Å². The van der Waals surface area contributed by atoms with Gasteiger partial charge in [-0.2, -0.15) is 0 Å². The Morgan fingerprint density at radius 1 is 1.00 bits per heavy atom. The van der Waals surface area contributed by atoms with Crippen molar-refractivity contribution in [1.82, 2.24) is 9.38 Å². The average Bonchev–Trinajstić information content (AvgIpc) is 2.74. The van der Waals surface area contributed by atoms with Crippen molar-refractivity contribution < 1.29 is 4.79 Å². The summed E-state index contributed by atoms with van der Waals surface area (Å²) in [5.74, 6) is -0.179. The Labute approximate surface area is 174 Å². The molecular formula is C24H22N4O2. The van der Waals surface area contributed by atoms with Gasteiger partial charge < -0.3 is 10.6 Å². The maximum atomic E-state index is 12.6. The topological polar surface area (TPSA) is 75.5 Å². The van der Waals surface area contributed by atoms with Gasteiger partial charge in [-0.3, -0.25) is 14.0 Å². The number of hydrogen-bond donors (Lipinski definition) is 2. The molecule has 0 spiro atoms. The molecule has 0 unspecified atom stereocenters. The molecule has 0 fully saturated rings. The normalized spacial score (nSPS) is 10.7. The van der Waals surface area contributed by atoms with E-state index in [1.165, 1.54) is 6.07 Å². The number of pyridine rings is 1. The summed E-state index contributed by atoms with van der Waals surface area (Å²) in [6, 6.07) is 20.1. The largest absolute Gasteiger partial charge is 0.379 e. The minimum absolute atomic E-state index is 0.117. The lowest BCUT2D eigenvalue weighted by atomic mass is 10.1. The molecule has 150 valence electrons. The van der Waals surface area contributed by atoms with Crippen molar-refractivity contribution in [2.45, 2.75) is 20.4 Å². The van der Waals surface area contributed by atoms with Gasteiger partial charge in [0.2, 0.25) is 0 Å².